The monoisotopic (exact) mass is 189 g/mol. The molecule has 0 aromatic heterocycles. The highest BCUT2D eigenvalue weighted by atomic mass is 16.7. The highest BCUT2D eigenvalue weighted by molar-refractivity contribution is 4.67. The fourth-order valence-electron chi connectivity index (χ4n) is 0.664. The molecular weight excluding hydrogens is 174 g/mol. The molecule has 0 aliphatic rings. The van der Waals surface area contributed by atoms with E-state index in [0.717, 1.165) is 0 Å². The second-order valence-corrected chi connectivity index (χ2v) is 2.24. The van der Waals surface area contributed by atoms with Crippen molar-refractivity contribution in [3.63, 3.8) is 0 Å². The van der Waals surface area contributed by atoms with Crippen molar-refractivity contribution >= 4 is 0 Å². The predicted octanol–water partition coefficient (Wildman–Crippen LogP) is -0.102. The van der Waals surface area contributed by atoms with E-state index in [9.17, 15) is 0 Å². The van der Waals surface area contributed by atoms with Gasteiger partial charge in [-0.15, -0.1) is 0 Å². The number of hydrogen-bond donors (Lipinski definition) is 1. The fraction of sp³-hybridized carbons (Fsp3) is 0.875. The third-order valence-corrected chi connectivity index (χ3v) is 1.27. The summed E-state index contributed by atoms with van der Waals surface area (Å²) < 4.78 is 15.0. The zero-order valence-electron chi connectivity index (χ0n) is 7.73. The predicted molar refractivity (Wildman–Crippen MR) is 44.9 cm³/mol. The molecule has 0 fully saturated rings. The quantitative estimate of drug-likeness (QED) is 0.426. The third-order valence-electron chi connectivity index (χ3n) is 1.27. The Morgan fingerprint density at radius 2 is 2.23 bits per heavy atom. The lowest BCUT2D eigenvalue weighted by Gasteiger charge is -2.14. The van der Waals surface area contributed by atoms with Crippen molar-refractivity contribution in [2.75, 3.05) is 33.5 Å². The number of methoxy groups -OCH3 is 1. The van der Waals surface area contributed by atoms with E-state index in [1.165, 1.54) is 7.11 Å². The molecule has 0 saturated heterocycles. The Bertz CT molecular complexity index is 146. The maximum absolute atomic E-state index is 8.42. The lowest BCUT2D eigenvalue weighted by molar-refractivity contribution is -0.157. The Morgan fingerprint density at radius 3 is 2.77 bits per heavy atom. The second-order valence-electron chi connectivity index (χ2n) is 2.24. The summed E-state index contributed by atoms with van der Waals surface area (Å²) in [6, 6.07) is 1.95. The first kappa shape index (κ1) is 12.3. The number of aliphatic hydroxyl groups is 1. The molecule has 5 heteroatoms. The molecule has 0 aromatic carbocycles. The van der Waals surface area contributed by atoms with Crippen molar-refractivity contribution in [1.82, 2.24) is 0 Å². The van der Waals surface area contributed by atoms with E-state index in [1.54, 1.807) is 0 Å². The number of ether oxygens (including phenoxy) is 3. The van der Waals surface area contributed by atoms with Gasteiger partial charge in [-0.3, -0.25) is 0 Å². The van der Waals surface area contributed by atoms with Crippen molar-refractivity contribution < 1.29 is 19.3 Å². The van der Waals surface area contributed by atoms with Gasteiger partial charge >= 0.3 is 0 Å². The van der Waals surface area contributed by atoms with E-state index in [-0.39, 0.29) is 19.8 Å². The van der Waals surface area contributed by atoms with Gasteiger partial charge in [0.05, 0.1) is 38.9 Å². The van der Waals surface area contributed by atoms with E-state index < -0.39 is 6.29 Å². The summed E-state index contributed by atoms with van der Waals surface area (Å²) in [5, 5.41) is 16.6. The van der Waals surface area contributed by atoms with Crippen LogP contribution in [0.5, 0.6) is 0 Å². The van der Waals surface area contributed by atoms with Crippen LogP contribution >= 0.6 is 0 Å². The number of nitriles is 1. The van der Waals surface area contributed by atoms with Crippen LogP contribution in [0, 0.1) is 11.3 Å². The van der Waals surface area contributed by atoms with Crippen molar-refractivity contribution in [2.45, 2.75) is 12.7 Å². The SMILES string of the molecule is COC(COCCO)OCCC#N. The molecule has 13 heavy (non-hydrogen) atoms. The molecule has 0 spiro atoms. The van der Waals surface area contributed by atoms with Crippen LogP contribution in [0.4, 0.5) is 0 Å². The van der Waals surface area contributed by atoms with Crippen LogP contribution in [0.2, 0.25) is 0 Å². The van der Waals surface area contributed by atoms with Crippen molar-refractivity contribution in [3.8, 4) is 6.07 Å². The topological polar surface area (TPSA) is 71.7 Å². The van der Waals surface area contributed by atoms with Gasteiger partial charge in [-0.25, -0.2) is 0 Å². The van der Waals surface area contributed by atoms with Gasteiger partial charge < -0.3 is 19.3 Å². The molecule has 76 valence electrons. The number of rotatable bonds is 8. The molecule has 5 nitrogen and oxygen atoms in total. The first-order chi connectivity index (χ1) is 6.35. The van der Waals surface area contributed by atoms with E-state index in [2.05, 4.69) is 0 Å². The van der Waals surface area contributed by atoms with E-state index in [4.69, 9.17) is 24.6 Å². The van der Waals surface area contributed by atoms with Crippen molar-refractivity contribution in [3.05, 3.63) is 0 Å². The summed E-state index contributed by atoms with van der Waals surface area (Å²) in [4.78, 5) is 0. The lowest BCUT2D eigenvalue weighted by Crippen LogP contribution is -2.23. The summed E-state index contributed by atoms with van der Waals surface area (Å²) in [5.74, 6) is 0. The largest absolute Gasteiger partial charge is 0.394 e. The van der Waals surface area contributed by atoms with Crippen LogP contribution in [0.1, 0.15) is 6.42 Å². The van der Waals surface area contributed by atoms with Crippen LogP contribution < -0.4 is 0 Å². The van der Waals surface area contributed by atoms with Gasteiger partial charge in [0.25, 0.3) is 0 Å². The molecule has 1 unspecified atom stereocenters. The van der Waals surface area contributed by atoms with Gasteiger partial charge in [-0.2, -0.15) is 5.26 Å². The molecule has 0 rings (SSSR count). The molecule has 0 radical (unpaired) electrons. The van der Waals surface area contributed by atoms with Crippen LogP contribution in [0.3, 0.4) is 0 Å². The molecule has 0 bridgehead atoms. The van der Waals surface area contributed by atoms with Crippen molar-refractivity contribution in [1.29, 1.82) is 5.26 Å². The second kappa shape index (κ2) is 9.42. The highest BCUT2D eigenvalue weighted by Crippen LogP contribution is 1.95. The average molecular weight is 189 g/mol. The number of nitrogens with zero attached hydrogens (tertiary/aromatic N) is 1. The Morgan fingerprint density at radius 1 is 1.46 bits per heavy atom. The highest BCUT2D eigenvalue weighted by Gasteiger charge is 2.06. The van der Waals surface area contributed by atoms with Gasteiger partial charge in [0, 0.05) is 7.11 Å². The zero-order valence-corrected chi connectivity index (χ0v) is 7.73. The summed E-state index contributed by atoms with van der Waals surface area (Å²) in [6.07, 6.45) is -0.125. The Hall–Kier alpha value is -0.670. The van der Waals surface area contributed by atoms with Crippen LogP contribution in [-0.4, -0.2) is 44.9 Å². The smallest absolute Gasteiger partial charge is 0.180 e. The molecule has 0 heterocycles. The average Bonchev–Trinajstić information content (AvgIpc) is 2.16. The Balaban J connectivity index is 3.35. The summed E-state index contributed by atoms with van der Waals surface area (Å²) in [7, 11) is 1.50. The Labute approximate surface area is 77.8 Å². The third kappa shape index (κ3) is 7.68. The molecule has 0 aromatic rings. The lowest BCUT2D eigenvalue weighted by atomic mass is 10.5. The fourth-order valence-corrected chi connectivity index (χ4v) is 0.664. The normalized spacial score (nSPS) is 12.4. The van der Waals surface area contributed by atoms with E-state index >= 15 is 0 Å². The zero-order chi connectivity index (χ0) is 9.94. The summed E-state index contributed by atoms with van der Waals surface area (Å²) in [5.41, 5.74) is 0. The van der Waals surface area contributed by atoms with E-state index in [1.807, 2.05) is 6.07 Å². The molecule has 0 saturated carbocycles. The van der Waals surface area contributed by atoms with Crippen LogP contribution in [0.25, 0.3) is 0 Å². The molecule has 1 N–H and O–H groups in total. The van der Waals surface area contributed by atoms with Gasteiger partial charge in [0.2, 0.25) is 0 Å². The number of hydrogen-bond acceptors (Lipinski definition) is 5. The van der Waals surface area contributed by atoms with Crippen LogP contribution in [0.15, 0.2) is 0 Å². The van der Waals surface area contributed by atoms with Gasteiger partial charge in [0.15, 0.2) is 6.29 Å². The summed E-state index contributed by atoms with van der Waals surface area (Å²) >= 11 is 0. The molecule has 0 aliphatic heterocycles. The van der Waals surface area contributed by atoms with Gasteiger partial charge in [-0.05, 0) is 0 Å². The van der Waals surface area contributed by atoms with Gasteiger partial charge in [0.1, 0.15) is 0 Å². The molecule has 0 amide bonds. The first-order valence-electron chi connectivity index (χ1n) is 4.05. The minimum atomic E-state index is -0.458. The molecule has 0 aliphatic carbocycles. The maximum Gasteiger partial charge on any atom is 0.180 e. The number of aliphatic hydroxyl groups excluding tert-OH is 1. The van der Waals surface area contributed by atoms with Crippen LogP contribution in [-0.2, 0) is 14.2 Å². The first-order valence-corrected chi connectivity index (χ1v) is 4.05. The molecular formula is C8H15NO4. The Kier molecular flexibility index (Phi) is 8.93. The van der Waals surface area contributed by atoms with Crippen molar-refractivity contribution in [2.24, 2.45) is 0 Å². The van der Waals surface area contributed by atoms with E-state index in [0.29, 0.717) is 13.0 Å². The maximum atomic E-state index is 8.42. The minimum absolute atomic E-state index is 0.0192. The van der Waals surface area contributed by atoms with Gasteiger partial charge in [-0.1, -0.05) is 0 Å². The minimum Gasteiger partial charge on any atom is -0.394 e. The standard InChI is InChI=1S/C8H15NO4/c1-11-8(7-12-6-4-10)13-5-2-3-9/h8,10H,2,4-7H2,1H3. The summed E-state index contributed by atoms with van der Waals surface area (Å²) in [6.45, 7) is 0.843. The molecule has 1 atom stereocenters.